The molecule has 2 aliphatic rings. The van der Waals surface area contributed by atoms with Crippen molar-refractivity contribution in [3.05, 3.63) is 48.3 Å². The van der Waals surface area contributed by atoms with E-state index in [1.807, 2.05) is 6.07 Å². The van der Waals surface area contributed by atoms with E-state index in [4.69, 9.17) is 4.74 Å². The van der Waals surface area contributed by atoms with Crippen LogP contribution >= 0.6 is 0 Å². The molecular formula is C43H62N8O8. The van der Waals surface area contributed by atoms with Crippen molar-refractivity contribution in [1.82, 2.24) is 41.9 Å². The number of aromatic nitrogens is 2. The van der Waals surface area contributed by atoms with Gasteiger partial charge in [-0.1, -0.05) is 58.4 Å². The molecule has 6 amide bonds. The van der Waals surface area contributed by atoms with Crippen LogP contribution in [0.25, 0.3) is 11.4 Å². The summed E-state index contributed by atoms with van der Waals surface area (Å²) in [5.41, 5.74) is -5.64. The minimum Gasteiger partial charge on any atom is -0.467 e. The molecule has 4 rings (SSSR count). The summed E-state index contributed by atoms with van der Waals surface area (Å²) in [6.07, 6.45) is 8.56. The lowest BCUT2D eigenvalue weighted by Gasteiger charge is -2.42. The number of esters is 1. The monoisotopic (exact) mass is 818 g/mol. The standard InChI is InChI=1S/C43H62N8O8/c1-27(2)31(33(53)48-41(7,8)38(58)59-9)46-36(56)42(21-13-10-14-22-42)50-35(55)40(5,6)49-37(57)43(23-15-11-16-24-43)51-34(54)39(3,4)47-32(52)28-19-20-30(45-26-28)29-18-12-17-25-44-29/h12,17-20,25-27,31H,10-11,13-16,21-24H2,1-9H3,(H,46,56)(H,47,52)(H,48,53)(H,49,57)(H,50,55)(H,51,54)/t31-/m0/s1. The van der Waals surface area contributed by atoms with E-state index in [1.54, 1.807) is 58.2 Å². The third kappa shape index (κ3) is 11.2. The average molecular weight is 819 g/mol. The predicted molar refractivity (Wildman–Crippen MR) is 220 cm³/mol. The fraction of sp³-hybridized carbons (Fsp3) is 0.605. The molecule has 322 valence electrons. The van der Waals surface area contributed by atoms with Gasteiger partial charge in [-0.25, -0.2) is 4.79 Å². The van der Waals surface area contributed by atoms with Crippen LogP contribution in [-0.2, 0) is 33.5 Å². The van der Waals surface area contributed by atoms with Crippen LogP contribution in [0.1, 0.15) is 130 Å². The van der Waals surface area contributed by atoms with Crippen molar-refractivity contribution in [2.45, 2.75) is 153 Å². The number of nitrogens with zero attached hydrogens (tertiary/aromatic N) is 2. The predicted octanol–water partition coefficient (Wildman–Crippen LogP) is 3.39. The Hall–Kier alpha value is -5.41. The number of hydrogen-bond acceptors (Lipinski definition) is 10. The molecule has 16 nitrogen and oxygen atoms in total. The van der Waals surface area contributed by atoms with E-state index in [1.165, 1.54) is 41.0 Å². The molecule has 2 heterocycles. The Bertz CT molecular complexity index is 1870. The fourth-order valence-corrected chi connectivity index (χ4v) is 7.45. The van der Waals surface area contributed by atoms with Crippen molar-refractivity contribution < 1.29 is 38.3 Å². The zero-order valence-electron chi connectivity index (χ0n) is 35.9. The first-order chi connectivity index (χ1) is 27.6. The Balaban J connectivity index is 1.47. The lowest BCUT2D eigenvalue weighted by atomic mass is 9.78. The molecule has 2 saturated carbocycles. The molecule has 1 atom stereocenters. The van der Waals surface area contributed by atoms with Gasteiger partial charge in [-0.15, -0.1) is 0 Å². The van der Waals surface area contributed by atoms with Crippen molar-refractivity contribution >= 4 is 41.4 Å². The van der Waals surface area contributed by atoms with Crippen LogP contribution in [0.2, 0.25) is 0 Å². The van der Waals surface area contributed by atoms with Crippen molar-refractivity contribution in [2.75, 3.05) is 7.11 Å². The van der Waals surface area contributed by atoms with Crippen molar-refractivity contribution in [2.24, 2.45) is 5.92 Å². The Morgan fingerprint density at radius 3 is 1.64 bits per heavy atom. The number of hydrogen-bond donors (Lipinski definition) is 6. The number of rotatable bonds is 15. The van der Waals surface area contributed by atoms with Gasteiger partial charge in [0.15, 0.2) is 0 Å². The molecule has 2 aliphatic carbocycles. The van der Waals surface area contributed by atoms with Gasteiger partial charge < -0.3 is 36.6 Å². The maximum absolute atomic E-state index is 14.3. The molecule has 59 heavy (non-hydrogen) atoms. The first kappa shape index (κ1) is 46.3. The van der Waals surface area contributed by atoms with E-state index >= 15 is 0 Å². The molecule has 0 saturated heterocycles. The summed E-state index contributed by atoms with van der Waals surface area (Å²) in [6.45, 7) is 12.7. The average Bonchev–Trinajstić information content (AvgIpc) is 3.19. The zero-order valence-corrected chi connectivity index (χ0v) is 35.9. The molecule has 2 fully saturated rings. The van der Waals surface area contributed by atoms with Crippen molar-refractivity contribution in [3.63, 3.8) is 0 Å². The molecule has 2 aromatic rings. The molecule has 0 aliphatic heterocycles. The second kappa shape index (κ2) is 18.7. The summed E-state index contributed by atoms with van der Waals surface area (Å²) >= 11 is 0. The van der Waals surface area contributed by atoms with Crippen LogP contribution in [0, 0.1) is 5.92 Å². The van der Waals surface area contributed by atoms with Crippen molar-refractivity contribution in [1.29, 1.82) is 0 Å². The Labute approximate surface area is 347 Å². The maximum Gasteiger partial charge on any atom is 0.330 e. The zero-order chi connectivity index (χ0) is 43.8. The Morgan fingerprint density at radius 2 is 1.17 bits per heavy atom. The lowest BCUT2D eigenvalue weighted by Crippen LogP contribution is -2.70. The third-order valence-corrected chi connectivity index (χ3v) is 11.3. The van der Waals surface area contributed by atoms with Crippen LogP contribution in [0.5, 0.6) is 0 Å². The molecule has 0 radical (unpaired) electrons. The summed E-state index contributed by atoms with van der Waals surface area (Å²) in [6, 6.07) is 7.66. The van der Waals surface area contributed by atoms with Gasteiger partial charge in [0.05, 0.1) is 24.1 Å². The van der Waals surface area contributed by atoms with E-state index in [0.29, 0.717) is 62.8 Å². The highest BCUT2D eigenvalue weighted by molar-refractivity contribution is 6.02. The van der Waals surface area contributed by atoms with Gasteiger partial charge >= 0.3 is 5.97 Å². The number of nitrogens with one attached hydrogen (secondary N) is 6. The van der Waals surface area contributed by atoms with E-state index in [0.717, 1.165) is 12.8 Å². The van der Waals surface area contributed by atoms with E-state index in [9.17, 15) is 33.6 Å². The summed E-state index contributed by atoms with van der Waals surface area (Å²) in [5, 5.41) is 17.0. The molecular weight excluding hydrogens is 757 g/mol. The first-order valence-electron chi connectivity index (χ1n) is 20.5. The maximum atomic E-state index is 14.3. The van der Waals surface area contributed by atoms with Crippen molar-refractivity contribution in [3.8, 4) is 11.4 Å². The number of amides is 6. The summed E-state index contributed by atoms with van der Waals surface area (Å²) < 4.78 is 4.82. The van der Waals surface area contributed by atoms with Gasteiger partial charge in [0, 0.05) is 12.4 Å². The molecule has 0 bridgehead atoms. The first-order valence-corrected chi connectivity index (χ1v) is 20.5. The van der Waals surface area contributed by atoms with Gasteiger partial charge in [-0.05, 0) is 97.4 Å². The number of methoxy groups -OCH3 is 1. The number of carbonyl (C=O) groups excluding carboxylic acids is 7. The van der Waals surface area contributed by atoms with Crippen LogP contribution in [0.15, 0.2) is 42.7 Å². The van der Waals surface area contributed by atoms with Crippen LogP contribution < -0.4 is 31.9 Å². The summed E-state index contributed by atoms with van der Waals surface area (Å²) in [5.74, 6) is -4.44. The highest BCUT2D eigenvalue weighted by atomic mass is 16.5. The van der Waals surface area contributed by atoms with Gasteiger partial charge in [0.2, 0.25) is 29.5 Å². The highest BCUT2D eigenvalue weighted by Gasteiger charge is 2.49. The highest BCUT2D eigenvalue weighted by Crippen LogP contribution is 2.32. The third-order valence-electron chi connectivity index (χ3n) is 11.3. The quantitative estimate of drug-likeness (QED) is 0.144. The topological polar surface area (TPSA) is 227 Å². The summed E-state index contributed by atoms with van der Waals surface area (Å²) in [4.78, 5) is 104. The largest absolute Gasteiger partial charge is 0.467 e. The molecule has 0 spiro atoms. The summed E-state index contributed by atoms with van der Waals surface area (Å²) in [7, 11) is 1.22. The van der Waals surface area contributed by atoms with Gasteiger partial charge in [0.25, 0.3) is 5.91 Å². The normalized spacial score (nSPS) is 17.1. The fourth-order valence-electron chi connectivity index (χ4n) is 7.45. The van der Waals surface area contributed by atoms with Gasteiger partial charge in [-0.3, -0.25) is 38.7 Å². The van der Waals surface area contributed by atoms with E-state index in [2.05, 4.69) is 41.9 Å². The molecule has 6 N–H and O–H groups in total. The number of ether oxygens (including phenoxy) is 1. The SMILES string of the molecule is COC(=O)C(C)(C)NC(=O)[C@@H](NC(=O)C1(NC(=O)C(C)(C)NC(=O)C2(NC(=O)C(C)(C)NC(=O)c3ccc(-c4ccccn4)nc3)CCCCC2)CCCCC1)C(C)C. The van der Waals surface area contributed by atoms with E-state index < -0.39 is 75.1 Å². The van der Waals surface area contributed by atoms with Crippen LogP contribution in [0.3, 0.4) is 0 Å². The van der Waals surface area contributed by atoms with Gasteiger partial charge in [-0.2, -0.15) is 0 Å². The number of pyridine rings is 2. The van der Waals surface area contributed by atoms with E-state index in [-0.39, 0.29) is 11.5 Å². The van der Waals surface area contributed by atoms with Crippen LogP contribution in [-0.4, -0.2) is 92.2 Å². The Kier molecular flexibility index (Phi) is 14.6. The second-order valence-electron chi connectivity index (χ2n) is 17.8. The number of carbonyl (C=O) groups is 7. The minimum absolute atomic E-state index is 0.235. The smallest absolute Gasteiger partial charge is 0.330 e. The van der Waals surface area contributed by atoms with Crippen LogP contribution in [0.4, 0.5) is 0 Å². The second-order valence-corrected chi connectivity index (χ2v) is 17.8. The molecule has 2 aromatic heterocycles. The molecule has 0 aromatic carbocycles. The minimum atomic E-state index is -1.55. The molecule has 0 unspecified atom stereocenters. The van der Waals surface area contributed by atoms with Gasteiger partial charge in [0.1, 0.15) is 33.7 Å². The Morgan fingerprint density at radius 1 is 0.644 bits per heavy atom. The lowest BCUT2D eigenvalue weighted by molar-refractivity contribution is -0.150. The molecule has 16 heteroatoms.